The van der Waals surface area contributed by atoms with Gasteiger partial charge >= 0.3 is 0 Å². The third kappa shape index (κ3) is 4.75. The number of nitrogens with one attached hydrogen (secondary N) is 1. The molecule has 3 rings (SSSR count). The molecule has 3 aromatic rings. The molecule has 0 aliphatic carbocycles. The fourth-order valence-corrected chi connectivity index (χ4v) is 3.76. The minimum absolute atomic E-state index is 0.327. The van der Waals surface area contributed by atoms with Gasteiger partial charge in [0.05, 0.1) is 25.6 Å². The van der Waals surface area contributed by atoms with E-state index < -0.39 is 0 Å². The van der Waals surface area contributed by atoms with Crippen LogP contribution < -0.4 is 20.6 Å². The van der Waals surface area contributed by atoms with Crippen molar-refractivity contribution in [2.24, 2.45) is 5.10 Å². The standard InChI is InChI=1S/C22H23N3O3S/c1-4-19(14-5-9-16(27-2)10-6-14)24-25-22(26)21-18(23)13-20(29-21)15-7-11-17(28-3)12-8-15/h5-13H,4,23H2,1-3H3,(H,25,26)/b24-19-. The Balaban J connectivity index is 1.77. The van der Waals surface area contributed by atoms with Crippen LogP contribution in [0.25, 0.3) is 10.4 Å². The van der Waals surface area contributed by atoms with Crippen molar-refractivity contribution >= 4 is 28.6 Å². The van der Waals surface area contributed by atoms with Gasteiger partial charge in [-0.1, -0.05) is 6.92 Å². The lowest BCUT2D eigenvalue weighted by Crippen LogP contribution is -2.19. The van der Waals surface area contributed by atoms with Gasteiger partial charge in [-0.3, -0.25) is 4.79 Å². The van der Waals surface area contributed by atoms with Crippen molar-refractivity contribution < 1.29 is 14.3 Å². The van der Waals surface area contributed by atoms with Crippen LogP contribution in [0.1, 0.15) is 28.6 Å². The van der Waals surface area contributed by atoms with Crippen LogP contribution in [-0.4, -0.2) is 25.8 Å². The summed E-state index contributed by atoms with van der Waals surface area (Å²) in [5.74, 6) is 1.22. The van der Waals surface area contributed by atoms with Gasteiger partial charge in [0.25, 0.3) is 5.91 Å². The van der Waals surface area contributed by atoms with Crippen molar-refractivity contribution in [1.82, 2.24) is 5.43 Å². The van der Waals surface area contributed by atoms with E-state index >= 15 is 0 Å². The van der Waals surface area contributed by atoms with Crippen molar-refractivity contribution in [2.75, 3.05) is 20.0 Å². The van der Waals surface area contributed by atoms with Gasteiger partial charge in [0.1, 0.15) is 16.4 Å². The number of nitrogens with two attached hydrogens (primary N) is 1. The van der Waals surface area contributed by atoms with Gasteiger partial charge in [0, 0.05) is 4.88 Å². The number of hydrazone groups is 1. The fourth-order valence-electron chi connectivity index (χ4n) is 2.78. The molecule has 0 fully saturated rings. The summed E-state index contributed by atoms with van der Waals surface area (Å²) in [7, 11) is 3.24. The lowest BCUT2D eigenvalue weighted by Gasteiger charge is -2.06. The van der Waals surface area contributed by atoms with E-state index in [4.69, 9.17) is 15.2 Å². The number of benzene rings is 2. The molecule has 150 valence electrons. The monoisotopic (exact) mass is 409 g/mol. The lowest BCUT2D eigenvalue weighted by atomic mass is 10.1. The first-order chi connectivity index (χ1) is 14.0. The Morgan fingerprint density at radius 1 is 1.03 bits per heavy atom. The first kappa shape index (κ1) is 20.4. The van der Waals surface area contributed by atoms with Crippen molar-refractivity contribution in [3.8, 4) is 21.9 Å². The van der Waals surface area contributed by atoms with Gasteiger partial charge in [-0.05, 0) is 72.1 Å². The molecule has 29 heavy (non-hydrogen) atoms. The third-order valence-corrected chi connectivity index (χ3v) is 5.59. The first-order valence-corrected chi connectivity index (χ1v) is 9.92. The quantitative estimate of drug-likeness (QED) is 0.442. The molecular formula is C22H23N3O3S. The number of amides is 1. The minimum atomic E-state index is -0.327. The van der Waals surface area contributed by atoms with Crippen LogP contribution in [0.5, 0.6) is 11.5 Å². The Hall–Kier alpha value is -3.32. The normalized spacial score (nSPS) is 11.2. The number of nitrogen functional groups attached to an aromatic ring is 1. The van der Waals surface area contributed by atoms with Crippen LogP contribution in [0.3, 0.4) is 0 Å². The van der Waals surface area contributed by atoms with E-state index in [1.54, 1.807) is 20.3 Å². The van der Waals surface area contributed by atoms with E-state index in [1.165, 1.54) is 11.3 Å². The number of hydrogen-bond acceptors (Lipinski definition) is 6. The molecule has 2 aromatic carbocycles. The molecule has 0 atom stereocenters. The zero-order valence-electron chi connectivity index (χ0n) is 16.6. The number of carbonyl (C=O) groups is 1. The van der Waals surface area contributed by atoms with E-state index in [1.807, 2.05) is 55.5 Å². The lowest BCUT2D eigenvalue weighted by molar-refractivity contribution is 0.0959. The second kappa shape index (κ2) is 9.25. The van der Waals surface area contributed by atoms with Gasteiger partial charge in [-0.2, -0.15) is 5.10 Å². The predicted molar refractivity (Wildman–Crippen MR) is 118 cm³/mol. The van der Waals surface area contributed by atoms with Crippen molar-refractivity contribution in [3.63, 3.8) is 0 Å². The van der Waals surface area contributed by atoms with Gasteiger partial charge in [-0.15, -0.1) is 11.3 Å². The molecule has 6 nitrogen and oxygen atoms in total. The molecule has 0 radical (unpaired) electrons. The maximum atomic E-state index is 12.6. The highest BCUT2D eigenvalue weighted by molar-refractivity contribution is 7.18. The smallest absolute Gasteiger partial charge is 0.283 e. The number of hydrogen-bond donors (Lipinski definition) is 2. The molecule has 1 heterocycles. The number of rotatable bonds is 7. The number of ether oxygens (including phenoxy) is 2. The number of carbonyl (C=O) groups excluding carboxylic acids is 1. The highest BCUT2D eigenvalue weighted by atomic mass is 32.1. The Labute approximate surface area is 174 Å². The molecule has 0 saturated heterocycles. The zero-order chi connectivity index (χ0) is 20.8. The van der Waals surface area contributed by atoms with E-state index in [9.17, 15) is 4.79 Å². The number of nitrogens with zero attached hydrogens (tertiary/aromatic N) is 1. The Kier molecular flexibility index (Phi) is 6.51. The highest BCUT2D eigenvalue weighted by Crippen LogP contribution is 2.34. The van der Waals surface area contributed by atoms with Crippen LogP contribution in [0.15, 0.2) is 59.7 Å². The van der Waals surface area contributed by atoms with Gasteiger partial charge < -0.3 is 15.2 Å². The van der Waals surface area contributed by atoms with Crippen molar-refractivity contribution in [1.29, 1.82) is 0 Å². The molecule has 7 heteroatoms. The van der Waals surface area contributed by atoms with Crippen LogP contribution in [0.4, 0.5) is 5.69 Å². The fraction of sp³-hybridized carbons (Fsp3) is 0.182. The summed E-state index contributed by atoms with van der Waals surface area (Å²) in [5.41, 5.74) is 11.8. The molecule has 0 aliphatic rings. The molecule has 1 aromatic heterocycles. The molecule has 0 unspecified atom stereocenters. The number of thiophene rings is 1. The van der Waals surface area contributed by atoms with Crippen LogP contribution in [0.2, 0.25) is 0 Å². The van der Waals surface area contributed by atoms with Gasteiger partial charge in [0.2, 0.25) is 0 Å². The van der Waals surface area contributed by atoms with E-state index in [2.05, 4.69) is 10.5 Å². The Bertz CT molecular complexity index is 1010. The SMILES string of the molecule is CC/C(=N/NC(=O)c1sc(-c2ccc(OC)cc2)cc1N)c1ccc(OC)cc1. The Morgan fingerprint density at radius 2 is 1.62 bits per heavy atom. The van der Waals surface area contributed by atoms with E-state index in [0.717, 1.165) is 33.2 Å². The zero-order valence-corrected chi connectivity index (χ0v) is 17.4. The summed E-state index contributed by atoms with van der Waals surface area (Å²) < 4.78 is 10.4. The first-order valence-electron chi connectivity index (χ1n) is 9.10. The summed E-state index contributed by atoms with van der Waals surface area (Å²) >= 11 is 1.33. The largest absolute Gasteiger partial charge is 0.497 e. The molecule has 0 aliphatic heterocycles. The van der Waals surface area contributed by atoms with Gasteiger partial charge in [-0.25, -0.2) is 5.43 Å². The number of methoxy groups -OCH3 is 2. The minimum Gasteiger partial charge on any atom is -0.497 e. The van der Waals surface area contributed by atoms with Crippen LogP contribution in [0, 0.1) is 0 Å². The highest BCUT2D eigenvalue weighted by Gasteiger charge is 2.15. The molecule has 3 N–H and O–H groups in total. The maximum Gasteiger partial charge on any atom is 0.283 e. The second-order valence-electron chi connectivity index (χ2n) is 6.21. The molecule has 0 bridgehead atoms. The molecule has 1 amide bonds. The van der Waals surface area contributed by atoms with Gasteiger partial charge in [0.15, 0.2) is 0 Å². The maximum absolute atomic E-state index is 12.6. The molecule has 0 spiro atoms. The summed E-state index contributed by atoms with van der Waals surface area (Å²) in [6, 6.07) is 17.0. The predicted octanol–water partition coefficient (Wildman–Crippen LogP) is 4.56. The van der Waals surface area contributed by atoms with Crippen molar-refractivity contribution in [2.45, 2.75) is 13.3 Å². The summed E-state index contributed by atoms with van der Waals surface area (Å²) in [5, 5.41) is 4.30. The number of anilines is 1. The van der Waals surface area contributed by atoms with Crippen LogP contribution in [-0.2, 0) is 0 Å². The molecular weight excluding hydrogens is 386 g/mol. The third-order valence-electron chi connectivity index (χ3n) is 4.39. The van der Waals surface area contributed by atoms with Crippen molar-refractivity contribution in [3.05, 3.63) is 65.0 Å². The van der Waals surface area contributed by atoms with E-state index in [0.29, 0.717) is 17.0 Å². The topological polar surface area (TPSA) is 85.9 Å². The summed E-state index contributed by atoms with van der Waals surface area (Å²) in [6.45, 7) is 1.98. The average molecular weight is 410 g/mol. The summed E-state index contributed by atoms with van der Waals surface area (Å²) in [6.07, 6.45) is 0.670. The Morgan fingerprint density at radius 3 is 2.17 bits per heavy atom. The average Bonchev–Trinajstić information content (AvgIpc) is 3.16. The van der Waals surface area contributed by atoms with Crippen LogP contribution >= 0.6 is 11.3 Å². The summed E-state index contributed by atoms with van der Waals surface area (Å²) in [4.78, 5) is 14.0. The molecule has 0 saturated carbocycles. The van der Waals surface area contributed by atoms with E-state index in [-0.39, 0.29) is 5.91 Å². The second-order valence-corrected chi connectivity index (χ2v) is 7.26.